The van der Waals surface area contributed by atoms with E-state index in [1.165, 1.54) is 5.56 Å². The molecule has 0 aliphatic rings. The van der Waals surface area contributed by atoms with Crippen LogP contribution < -0.4 is 5.32 Å². The maximum Gasteiger partial charge on any atom is 0.335 e. The number of carboxylic acid groups (broad SMARTS) is 1. The topological polar surface area (TPSA) is 49.3 Å². The molecule has 0 heterocycles. The van der Waals surface area contributed by atoms with Crippen LogP contribution in [-0.2, 0) is 6.54 Å². The van der Waals surface area contributed by atoms with Crippen molar-refractivity contribution >= 4 is 11.7 Å². The fraction of sp³-hybridized carbons (Fsp3) is 0.235. The summed E-state index contributed by atoms with van der Waals surface area (Å²) in [6.07, 6.45) is 0. The predicted molar refractivity (Wildman–Crippen MR) is 81.3 cm³/mol. The van der Waals surface area contributed by atoms with Gasteiger partial charge in [0, 0.05) is 12.2 Å². The standard InChI is InChI=1S/C17H19NO2/c1-12(2)15-5-3-4-6-16(15)18-11-13-7-9-14(10-8-13)17(19)20/h3-10,12,18H,11H2,1-2H3,(H,19,20). The second-order valence-electron chi connectivity index (χ2n) is 5.10. The highest BCUT2D eigenvalue weighted by atomic mass is 16.4. The first-order valence-corrected chi connectivity index (χ1v) is 6.73. The predicted octanol–water partition coefficient (Wildman–Crippen LogP) is 4.12. The monoisotopic (exact) mass is 269 g/mol. The minimum absolute atomic E-state index is 0.316. The van der Waals surface area contributed by atoms with Crippen molar-refractivity contribution < 1.29 is 9.90 Å². The lowest BCUT2D eigenvalue weighted by molar-refractivity contribution is 0.0697. The second-order valence-corrected chi connectivity index (χ2v) is 5.10. The number of para-hydroxylation sites is 1. The smallest absolute Gasteiger partial charge is 0.335 e. The van der Waals surface area contributed by atoms with E-state index in [4.69, 9.17) is 5.11 Å². The van der Waals surface area contributed by atoms with Gasteiger partial charge >= 0.3 is 5.97 Å². The summed E-state index contributed by atoms with van der Waals surface area (Å²) in [4.78, 5) is 10.8. The van der Waals surface area contributed by atoms with E-state index in [9.17, 15) is 4.79 Å². The van der Waals surface area contributed by atoms with E-state index in [1.54, 1.807) is 12.1 Å². The van der Waals surface area contributed by atoms with E-state index < -0.39 is 5.97 Å². The third kappa shape index (κ3) is 3.38. The summed E-state index contributed by atoms with van der Waals surface area (Å²) < 4.78 is 0. The Bertz CT molecular complexity index is 588. The number of carboxylic acids is 1. The zero-order valence-corrected chi connectivity index (χ0v) is 11.8. The van der Waals surface area contributed by atoms with Gasteiger partial charge in [0.15, 0.2) is 0 Å². The van der Waals surface area contributed by atoms with E-state index in [0.29, 0.717) is 18.0 Å². The number of nitrogens with one attached hydrogen (secondary N) is 1. The SMILES string of the molecule is CC(C)c1ccccc1NCc1ccc(C(=O)O)cc1. The van der Waals surface area contributed by atoms with E-state index in [2.05, 4.69) is 31.3 Å². The van der Waals surface area contributed by atoms with Crippen molar-refractivity contribution in [1.82, 2.24) is 0 Å². The molecule has 0 saturated heterocycles. The Kier molecular flexibility index (Phi) is 4.41. The number of anilines is 1. The first-order chi connectivity index (χ1) is 9.58. The van der Waals surface area contributed by atoms with Crippen LogP contribution in [0.3, 0.4) is 0 Å². The van der Waals surface area contributed by atoms with Crippen molar-refractivity contribution in [3.63, 3.8) is 0 Å². The van der Waals surface area contributed by atoms with Gasteiger partial charge in [0.25, 0.3) is 0 Å². The molecule has 20 heavy (non-hydrogen) atoms. The molecule has 2 aromatic rings. The van der Waals surface area contributed by atoms with Crippen LogP contribution in [0.1, 0.15) is 41.3 Å². The molecular formula is C17H19NO2. The summed E-state index contributed by atoms with van der Waals surface area (Å²) in [5, 5.41) is 12.3. The average molecular weight is 269 g/mol. The molecule has 0 fully saturated rings. The van der Waals surface area contributed by atoms with Crippen LogP contribution >= 0.6 is 0 Å². The van der Waals surface area contributed by atoms with Crippen LogP contribution in [0.2, 0.25) is 0 Å². The maximum atomic E-state index is 10.8. The molecule has 0 saturated carbocycles. The van der Waals surface area contributed by atoms with Gasteiger partial charge in [0.2, 0.25) is 0 Å². The number of aromatic carboxylic acids is 1. The van der Waals surface area contributed by atoms with Crippen LogP contribution in [-0.4, -0.2) is 11.1 Å². The molecule has 0 amide bonds. The quantitative estimate of drug-likeness (QED) is 0.858. The number of hydrogen-bond donors (Lipinski definition) is 2. The molecule has 0 atom stereocenters. The average Bonchev–Trinajstić information content (AvgIpc) is 2.45. The lowest BCUT2D eigenvalue weighted by Crippen LogP contribution is -2.04. The molecule has 3 nitrogen and oxygen atoms in total. The van der Waals surface area contributed by atoms with Crippen molar-refractivity contribution in [3.05, 3.63) is 65.2 Å². The highest BCUT2D eigenvalue weighted by Crippen LogP contribution is 2.24. The van der Waals surface area contributed by atoms with Gasteiger partial charge in [0.1, 0.15) is 0 Å². The van der Waals surface area contributed by atoms with Crippen molar-refractivity contribution in [1.29, 1.82) is 0 Å². The van der Waals surface area contributed by atoms with Gasteiger partial charge in [-0.1, -0.05) is 44.2 Å². The zero-order chi connectivity index (χ0) is 14.5. The first kappa shape index (κ1) is 14.1. The number of hydrogen-bond acceptors (Lipinski definition) is 2. The number of rotatable bonds is 5. The summed E-state index contributed by atoms with van der Waals surface area (Å²) >= 11 is 0. The largest absolute Gasteiger partial charge is 0.478 e. The Labute approximate surface area is 119 Å². The van der Waals surface area contributed by atoms with Crippen LogP contribution in [0.5, 0.6) is 0 Å². The van der Waals surface area contributed by atoms with E-state index in [-0.39, 0.29) is 0 Å². The Morgan fingerprint density at radius 2 is 1.75 bits per heavy atom. The highest BCUT2D eigenvalue weighted by molar-refractivity contribution is 5.87. The zero-order valence-electron chi connectivity index (χ0n) is 11.8. The van der Waals surface area contributed by atoms with E-state index >= 15 is 0 Å². The fourth-order valence-corrected chi connectivity index (χ4v) is 2.12. The van der Waals surface area contributed by atoms with Gasteiger partial charge < -0.3 is 10.4 Å². The molecule has 0 aliphatic heterocycles. The number of carbonyl (C=O) groups is 1. The molecule has 0 unspecified atom stereocenters. The molecular weight excluding hydrogens is 250 g/mol. The molecule has 2 N–H and O–H groups in total. The lowest BCUT2D eigenvalue weighted by Gasteiger charge is -2.14. The Morgan fingerprint density at radius 3 is 2.35 bits per heavy atom. The van der Waals surface area contributed by atoms with Crippen molar-refractivity contribution in [2.24, 2.45) is 0 Å². The Morgan fingerprint density at radius 1 is 1.10 bits per heavy atom. The van der Waals surface area contributed by atoms with Crippen molar-refractivity contribution in [2.45, 2.75) is 26.3 Å². The summed E-state index contributed by atoms with van der Waals surface area (Å²) in [5.41, 5.74) is 3.80. The van der Waals surface area contributed by atoms with E-state index in [0.717, 1.165) is 11.3 Å². The fourth-order valence-electron chi connectivity index (χ4n) is 2.12. The van der Waals surface area contributed by atoms with Crippen LogP contribution in [0.25, 0.3) is 0 Å². The summed E-state index contributed by atoms with van der Waals surface area (Å²) in [7, 11) is 0. The second kappa shape index (κ2) is 6.24. The normalized spacial score (nSPS) is 10.6. The third-order valence-electron chi connectivity index (χ3n) is 3.27. The molecule has 3 heteroatoms. The lowest BCUT2D eigenvalue weighted by atomic mass is 10.0. The summed E-state index contributed by atoms with van der Waals surface area (Å²) in [6.45, 7) is 5.02. The molecule has 0 bridgehead atoms. The van der Waals surface area contributed by atoms with Crippen LogP contribution in [0.15, 0.2) is 48.5 Å². The minimum atomic E-state index is -0.894. The third-order valence-corrected chi connectivity index (χ3v) is 3.27. The van der Waals surface area contributed by atoms with Gasteiger partial charge in [-0.15, -0.1) is 0 Å². The Hall–Kier alpha value is -2.29. The maximum absolute atomic E-state index is 10.8. The molecule has 0 aliphatic carbocycles. The van der Waals surface area contributed by atoms with E-state index in [1.807, 2.05) is 24.3 Å². The van der Waals surface area contributed by atoms with Gasteiger partial charge in [-0.05, 0) is 35.2 Å². The summed E-state index contributed by atoms with van der Waals surface area (Å²) in [6, 6.07) is 15.2. The van der Waals surface area contributed by atoms with Crippen molar-refractivity contribution in [2.75, 3.05) is 5.32 Å². The molecule has 2 rings (SSSR count). The van der Waals surface area contributed by atoms with Gasteiger partial charge in [-0.25, -0.2) is 4.79 Å². The molecule has 104 valence electrons. The molecule has 0 spiro atoms. The van der Waals surface area contributed by atoms with Gasteiger partial charge in [0.05, 0.1) is 5.56 Å². The first-order valence-electron chi connectivity index (χ1n) is 6.73. The van der Waals surface area contributed by atoms with Gasteiger partial charge in [-0.2, -0.15) is 0 Å². The Balaban J connectivity index is 2.07. The molecule has 0 radical (unpaired) electrons. The van der Waals surface area contributed by atoms with Gasteiger partial charge in [-0.3, -0.25) is 0 Å². The van der Waals surface area contributed by atoms with Crippen LogP contribution in [0.4, 0.5) is 5.69 Å². The van der Waals surface area contributed by atoms with Crippen LogP contribution in [0, 0.1) is 0 Å². The number of benzene rings is 2. The molecule has 0 aromatic heterocycles. The van der Waals surface area contributed by atoms with Crippen molar-refractivity contribution in [3.8, 4) is 0 Å². The minimum Gasteiger partial charge on any atom is -0.478 e. The highest BCUT2D eigenvalue weighted by Gasteiger charge is 2.06. The summed E-state index contributed by atoms with van der Waals surface area (Å²) in [5.74, 6) is -0.428. The molecule has 2 aromatic carbocycles.